The fourth-order valence-corrected chi connectivity index (χ4v) is 4.52. The molecule has 3 rings (SSSR count). The maximum absolute atomic E-state index is 12.9. The predicted octanol–water partition coefficient (Wildman–Crippen LogP) is 1.74. The van der Waals surface area contributed by atoms with Gasteiger partial charge in [0.1, 0.15) is 0 Å². The predicted molar refractivity (Wildman–Crippen MR) is 70.1 cm³/mol. The van der Waals surface area contributed by atoms with Crippen LogP contribution in [0.3, 0.4) is 0 Å². The molecule has 0 radical (unpaired) electrons. The standard InChI is InChI=1S/C13H15F3N2O2S/c14-13(15,16)10-3-1-2-4-11(10)21(19,20)18-9-5-12(6-9)7-17-8-12/h1-4,9,17-18H,5-8H2. The van der Waals surface area contributed by atoms with E-state index in [1.165, 1.54) is 12.1 Å². The van der Waals surface area contributed by atoms with Crippen molar-refractivity contribution in [1.29, 1.82) is 0 Å². The van der Waals surface area contributed by atoms with E-state index in [1.807, 2.05) is 0 Å². The first-order valence-corrected chi connectivity index (χ1v) is 8.10. The summed E-state index contributed by atoms with van der Waals surface area (Å²) < 4.78 is 65.5. The van der Waals surface area contributed by atoms with Gasteiger partial charge in [-0.25, -0.2) is 13.1 Å². The van der Waals surface area contributed by atoms with Crippen LogP contribution >= 0.6 is 0 Å². The van der Waals surface area contributed by atoms with Gasteiger partial charge in [0.05, 0.1) is 10.5 Å². The van der Waals surface area contributed by atoms with Crippen molar-refractivity contribution in [2.45, 2.75) is 30.0 Å². The number of hydrogen-bond donors (Lipinski definition) is 2. The van der Waals surface area contributed by atoms with Gasteiger partial charge in [-0.3, -0.25) is 0 Å². The molecule has 1 aromatic carbocycles. The Morgan fingerprint density at radius 3 is 2.33 bits per heavy atom. The van der Waals surface area contributed by atoms with Crippen LogP contribution in [0.2, 0.25) is 0 Å². The van der Waals surface area contributed by atoms with Gasteiger partial charge in [-0.05, 0) is 30.4 Å². The zero-order valence-electron chi connectivity index (χ0n) is 11.1. The van der Waals surface area contributed by atoms with E-state index < -0.39 is 26.7 Å². The van der Waals surface area contributed by atoms with Gasteiger partial charge >= 0.3 is 6.18 Å². The second-order valence-electron chi connectivity index (χ2n) is 5.82. The average molecular weight is 320 g/mol. The van der Waals surface area contributed by atoms with Gasteiger partial charge in [0.2, 0.25) is 10.0 Å². The second kappa shape index (κ2) is 4.69. The zero-order valence-corrected chi connectivity index (χ0v) is 11.9. The summed E-state index contributed by atoms with van der Waals surface area (Å²) in [7, 11) is -4.16. The molecule has 1 heterocycles. The highest BCUT2D eigenvalue weighted by molar-refractivity contribution is 7.89. The van der Waals surface area contributed by atoms with Crippen LogP contribution in [-0.4, -0.2) is 27.5 Å². The summed E-state index contributed by atoms with van der Waals surface area (Å²) in [5, 5.41) is 3.12. The summed E-state index contributed by atoms with van der Waals surface area (Å²) in [6.07, 6.45) is -3.34. The third-order valence-corrected chi connectivity index (χ3v) is 5.74. The number of benzene rings is 1. The van der Waals surface area contributed by atoms with Crippen molar-refractivity contribution < 1.29 is 21.6 Å². The fraction of sp³-hybridized carbons (Fsp3) is 0.538. The van der Waals surface area contributed by atoms with E-state index >= 15 is 0 Å². The molecule has 1 saturated carbocycles. The van der Waals surface area contributed by atoms with Crippen LogP contribution in [0.25, 0.3) is 0 Å². The molecule has 21 heavy (non-hydrogen) atoms. The zero-order chi connectivity index (χ0) is 15.3. The minimum absolute atomic E-state index is 0.150. The van der Waals surface area contributed by atoms with Crippen molar-refractivity contribution in [2.75, 3.05) is 13.1 Å². The molecule has 8 heteroatoms. The van der Waals surface area contributed by atoms with Gasteiger partial charge < -0.3 is 5.32 Å². The average Bonchev–Trinajstić information content (AvgIpc) is 2.30. The van der Waals surface area contributed by atoms with Crippen molar-refractivity contribution in [3.05, 3.63) is 29.8 Å². The molecular formula is C13H15F3N2O2S. The van der Waals surface area contributed by atoms with Crippen LogP contribution in [-0.2, 0) is 16.2 Å². The van der Waals surface area contributed by atoms with E-state index in [-0.39, 0.29) is 11.5 Å². The molecule has 4 nitrogen and oxygen atoms in total. The summed E-state index contributed by atoms with van der Waals surface area (Å²) in [4.78, 5) is -0.704. The van der Waals surface area contributed by atoms with Crippen molar-refractivity contribution in [1.82, 2.24) is 10.0 Å². The van der Waals surface area contributed by atoms with Gasteiger partial charge in [-0.15, -0.1) is 0 Å². The molecule has 2 N–H and O–H groups in total. The number of rotatable bonds is 3. The molecule has 0 aromatic heterocycles. The molecule has 1 saturated heterocycles. The molecule has 0 atom stereocenters. The van der Waals surface area contributed by atoms with Gasteiger partial charge in [-0.2, -0.15) is 13.2 Å². The summed E-state index contributed by atoms with van der Waals surface area (Å²) in [5.41, 5.74) is -0.978. The van der Waals surface area contributed by atoms with Crippen LogP contribution < -0.4 is 10.0 Å². The Balaban J connectivity index is 1.79. The third-order valence-electron chi connectivity index (χ3n) is 4.16. The Bertz CT molecular complexity index is 646. The molecule has 1 aliphatic heterocycles. The van der Waals surface area contributed by atoms with E-state index in [4.69, 9.17) is 0 Å². The highest BCUT2D eigenvalue weighted by Gasteiger charge is 2.49. The fourth-order valence-electron chi connectivity index (χ4n) is 3.05. The largest absolute Gasteiger partial charge is 0.417 e. The number of hydrogen-bond acceptors (Lipinski definition) is 3. The minimum Gasteiger partial charge on any atom is -0.316 e. The lowest BCUT2D eigenvalue weighted by Crippen LogP contribution is -2.65. The molecular weight excluding hydrogens is 305 g/mol. The van der Waals surface area contributed by atoms with Crippen molar-refractivity contribution in [3.8, 4) is 0 Å². The maximum Gasteiger partial charge on any atom is 0.417 e. The van der Waals surface area contributed by atoms with Crippen molar-refractivity contribution >= 4 is 10.0 Å². The topological polar surface area (TPSA) is 58.2 Å². The summed E-state index contributed by atoms with van der Waals surface area (Å²) >= 11 is 0. The molecule has 0 bridgehead atoms. The highest BCUT2D eigenvalue weighted by atomic mass is 32.2. The maximum atomic E-state index is 12.9. The van der Waals surface area contributed by atoms with Crippen LogP contribution in [0.15, 0.2) is 29.2 Å². The van der Waals surface area contributed by atoms with E-state index in [1.54, 1.807) is 0 Å². The quantitative estimate of drug-likeness (QED) is 0.892. The first-order valence-electron chi connectivity index (χ1n) is 6.61. The molecule has 2 fully saturated rings. The number of nitrogens with one attached hydrogen (secondary N) is 2. The first kappa shape index (κ1) is 14.8. The van der Waals surface area contributed by atoms with E-state index in [9.17, 15) is 21.6 Å². The smallest absolute Gasteiger partial charge is 0.316 e. The van der Waals surface area contributed by atoms with Gasteiger partial charge in [0, 0.05) is 19.1 Å². The molecule has 116 valence electrons. The van der Waals surface area contributed by atoms with Crippen LogP contribution in [0.1, 0.15) is 18.4 Å². The van der Waals surface area contributed by atoms with Crippen LogP contribution in [0, 0.1) is 5.41 Å². The Morgan fingerprint density at radius 2 is 1.81 bits per heavy atom. The number of sulfonamides is 1. The molecule has 2 aliphatic rings. The molecule has 1 aliphatic carbocycles. The Hall–Kier alpha value is -1.12. The Kier molecular flexibility index (Phi) is 3.30. The Labute approximate surface area is 120 Å². The molecule has 0 amide bonds. The van der Waals surface area contributed by atoms with Crippen molar-refractivity contribution in [2.24, 2.45) is 5.41 Å². The van der Waals surface area contributed by atoms with E-state index in [0.717, 1.165) is 25.2 Å². The van der Waals surface area contributed by atoms with E-state index in [2.05, 4.69) is 10.0 Å². The van der Waals surface area contributed by atoms with E-state index in [0.29, 0.717) is 12.8 Å². The SMILES string of the molecule is O=S(=O)(NC1CC2(CNC2)C1)c1ccccc1C(F)(F)F. The highest BCUT2D eigenvalue weighted by Crippen LogP contribution is 2.44. The monoisotopic (exact) mass is 320 g/mol. The number of alkyl halides is 3. The first-order chi connectivity index (χ1) is 9.72. The lowest BCUT2D eigenvalue weighted by Gasteiger charge is -2.54. The lowest BCUT2D eigenvalue weighted by molar-refractivity contribution is -0.139. The van der Waals surface area contributed by atoms with Gasteiger partial charge in [0.25, 0.3) is 0 Å². The van der Waals surface area contributed by atoms with Gasteiger partial charge in [0.15, 0.2) is 0 Å². The normalized spacial score (nSPS) is 21.9. The summed E-state index contributed by atoms with van der Waals surface area (Å²) in [5.74, 6) is 0. The third kappa shape index (κ3) is 2.67. The van der Waals surface area contributed by atoms with Crippen LogP contribution in [0.4, 0.5) is 13.2 Å². The minimum atomic E-state index is -4.69. The Morgan fingerprint density at radius 1 is 1.19 bits per heavy atom. The van der Waals surface area contributed by atoms with Crippen LogP contribution in [0.5, 0.6) is 0 Å². The summed E-state index contributed by atoms with van der Waals surface area (Å²) in [6.45, 7) is 1.70. The summed E-state index contributed by atoms with van der Waals surface area (Å²) in [6, 6.07) is 3.97. The lowest BCUT2D eigenvalue weighted by atomic mass is 9.62. The molecule has 1 aromatic rings. The second-order valence-corrected chi connectivity index (χ2v) is 7.51. The van der Waals surface area contributed by atoms with Gasteiger partial charge in [-0.1, -0.05) is 12.1 Å². The number of halogens is 3. The van der Waals surface area contributed by atoms with Crippen molar-refractivity contribution in [3.63, 3.8) is 0 Å². The molecule has 1 spiro atoms. The molecule has 0 unspecified atom stereocenters.